The molecule has 0 aliphatic rings. The van der Waals surface area contributed by atoms with E-state index in [2.05, 4.69) is 131 Å². The molecule has 0 amide bonds. The van der Waals surface area contributed by atoms with E-state index in [1.54, 1.807) is 7.11 Å². The number of hydrogen-bond donors (Lipinski definition) is 0. The highest BCUT2D eigenvalue weighted by atomic mass is 16.5. The van der Waals surface area contributed by atoms with Crippen LogP contribution in [0.5, 0.6) is 5.75 Å². The normalized spacial score (nSPS) is 11.7. The minimum absolute atomic E-state index is 0.825. The molecule has 0 saturated heterocycles. The summed E-state index contributed by atoms with van der Waals surface area (Å²) in [5.41, 5.74) is 9.43. The van der Waals surface area contributed by atoms with E-state index in [-0.39, 0.29) is 0 Å². The number of aryl methyl sites for hydroxylation is 1. The summed E-state index contributed by atoms with van der Waals surface area (Å²) in [5.74, 6) is 0.825. The molecule has 0 aliphatic heterocycles. The number of nitrogens with zero attached hydrogens (tertiary/aromatic N) is 5. The SMILES string of the molecule is COc1ccc(-c2c3c4ccccc4n(-c4ccccc4)c3nc3c2c2ccccc2n3-c2cccc(-n3[c-][n+](C)cc3)c2)cc1. The van der Waals surface area contributed by atoms with Crippen LogP contribution in [-0.2, 0) is 7.05 Å². The second kappa shape index (κ2) is 10.2. The highest BCUT2D eigenvalue weighted by molar-refractivity contribution is 6.26. The lowest BCUT2D eigenvalue weighted by Gasteiger charge is -2.13. The molecule has 0 N–H and O–H groups in total. The summed E-state index contributed by atoms with van der Waals surface area (Å²) in [5, 5.41) is 4.56. The van der Waals surface area contributed by atoms with Crippen molar-refractivity contribution in [3.63, 3.8) is 0 Å². The third-order valence-corrected chi connectivity index (χ3v) is 8.88. The van der Waals surface area contributed by atoms with Crippen molar-refractivity contribution in [2.75, 3.05) is 7.11 Å². The number of ether oxygens (including phenoxy) is 1. The van der Waals surface area contributed by atoms with E-state index in [0.717, 1.165) is 77.8 Å². The molecule has 0 spiro atoms. The van der Waals surface area contributed by atoms with Crippen molar-refractivity contribution in [2.45, 2.75) is 0 Å². The van der Waals surface area contributed by atoms with Gasteiger partial charge in [0.15, 0.2) is 0 Å². The van der Waals surface area contributed by atoms with Crippen LogP contribution in [0.3, 0.4) is 0 Å². The standard InChI is InChI=1S/C40H29N5O/c1-42-23-24-43(26-42)29-13-10-14-30(25-29)45-35-18-9-7-16-33(35)38-36(27-19-21-31(46-2)22-20-27)37-32-15-6-8-17-34(32)44(39(37)41-40(38)45)28-11-4-3-5-12-28/h3-25H,1-2H3. The van der Waals surface area contributed by atoms with Crippen LogP contribution in [0.2, 0.25) is 0 Å². The number of imidazole rings is 1. The third kappa shape index (κ3) is 3.90. The average molecular weight is 596 g/mol. The Hall–Kier alpha value is -6.14. The van der Waals surface area contributed by atoms with Gasteiger partial charge in [-0.05, 0) is 54.1 Å². The average Bonchev–Trinajstić information content (AvgIpc) is 3.79. The molecule has 0 saturated carbocycles. The van der Waals surface area contributed by atoms with Crippen molar-refractivity contribution < 1.29 is 9.30 Å². The topological polar surface area (TPSA) is 40.8 Å². The van der Waals surface area contributed by atoms with Gasteiger partial charge in [0, 0.05) is 50.9 Å². The van der Waals surface area contributed by atoms with Gasteiger partial charge in [0.25, 0.3) is 0 Å². The maximum absolute atomic E-state index is 5.61. The maximum Gasteiger partial charge on any atom is 0.243 e. The number of aromatic nitrogens is 5. The van der Waals surface area contributed by atoms with E-state index in [1.165, 1.54) is 0 Å². The summed E-state index contributed by atoms with van der Waals surface area (Å²) >= 11 is 0. The zero-order valence-corrected chi connectivity index (χ0v) is 25.4. The first kappa shape index (κ1) is 26.3. The highest BCUT2D eigenvalue weighted by Gasteiger charge is 2.25. The van der Waals surface area contributed by atoms with Crippen LogP contribution in [0, 0.1) is 6.33 Å². The number of hydrogen-bond acceptors (Lipinski definition) is 2. The second-order valence-electron chi connectivity index (χ2n) is 11.6. The number of para-hydroxylation sites is 3. The van der Waals surface area contributed by atoms with Gasteiger partial charge in [-0.1, -0.05) is 78.9 Å². The lowest BCUT2D eigenvalue weighted by Crippen LogP contribution is -2.24. The number of benzene rings is 5. The van der Waals surface area contributed by atoms with Gasteiger partial charge in [-0.25, -0.2) is 4.98 Å². The van der Waals surface area contributed by atoms with Crippen molar-refractivity contribution in [1.29, 1.82) is 0 Å². The molecule has 9 rings (SSSR count). The fourth-order valence-electron chi connectivity index (χ4n) is 6.86. The van der Waals surface area contributed by atoms with E-state index in [9.17, 15) is 0 Å². The summed E-state index contributed by atoms with van der Waals surface area (Å²) in [7, 11) is 3.69. The largest absolute Gasteiger partial charge is 0.497 e. The lowest BCUT2D eigenvalue weighted by molar-refractivity contribution is -0.674. The summed E-state index contributed by atoms with van der Waals surface area (Å²) in [4.78, 5) is 5.61. The Morgan fingerprint density at radius 2 is 1.22 bits per heavy atom. The van der Waals surface area contributed by atoms with Crippen LogP contribution in [0.1, 0.15) is 0 Å². The number of rotatable bonds is 5. The first-order valence-electron chi connectivity index (χ1n) is 15.3. The summed E-state index contributed by atoms with van der Waals surface area (Å²) < 4.78 is 14.1. The van der Waals surface area contributed by atoms with Crippen LogP contribution >= 0.6 is 0 Å². The van der Waals surface area contributed by atoms with Crippen LogP contribution in [0.4, 0.5) is 0 Å². The van der Waals surface area contributed by atoms with Gasteiger partial charge in [-0.15, -0.1) is 0 Å². The van der Waals surface area contributed by atoms with Crippen LogP contribution in [0.25, 0.3) is 72.1 Å². The predicted octanol–water partition coefficient (Wildman–Crippen LogP) is 8.37. The molecule has 0 aliphatic carbocycles. The third-order valence-electron chi connectivity index (χ3n) is 8.88. The molecule has 0 radical (unpaired) electrons. The van der Waals surface area contributed by atoms with E-state index in [0.29, 0.717) is 0 Å². The van der Waals surface area contributed by atoms with Crippen LogP contribution in [-0.4, -0.2) is 25.8 Å². The number of fused-ring (bicyclic) bond motifs is 6. The van der Waals surface area contributed by atoms with Crippen molar-refractivity contribution in [2.24, 2.45) is 7.05 Å². The van der Waals surface area contributed by atoms with Gasteiger partial charge in [-0.3, -0.25) is 9.13 Å². The molecule has 5 aromatic carbocycles. The minimum Gasteiger partial charge on any atom is -0.497 e. The lowest BCUT2D eigenvalue weighted by atomic mass is 9.96. The smallest absolute Gasteiger partial charge is 0.243 e. The van der Waals surface area contributed by atoms with Crippen LogP contribution in [0.15, 0.2) is 140 Å². The maximum atomic E-state index is 5.61. The summed E-state index contributed by atoms with van der Waals surface area (Å²) in [6, 6.07) is 44.8. The fourth-order valence-corrected chi connectivity index (χ4v) is 6.86. The Morgan fingerprint density at radius 1 is 0.630 bits per heavy atom. The molecule has 0 unspecified atom stereocenters. The van der Waals surface area contributed by atoms with Gasteiger partial charge in [0.05, 0.1) is 30.9 Å². The molecule has 9 aromatic rings. The second-order valence-corrected chi connectivity index (χ2v) is 11.6. The molecule has 0 bridgehead atoms. The zero-order valence-electron chi connectivity index (χ0n) is 25.4. The van der Waals surface area contributed by atoms with Crippen molar-refractivity contribution >= 4 is 43.9 Å². The van der Waals surface area contributed by atoms with Crippen LogP contribution < -0.4 is 9.30 Å². The van der Waals surface area contributed by atoms with Crippen molar-refractivity contribution in [3.05, 3.63) is 146 Å². The molecule has 0 atom stereocenters. The van der Waals surface area contributed by atoms with Gasteiger partial charge < -0.3 is 13.9 Å². The van der Waals surface area contributed by atoms with Crippen molar-refractivity contribution in [3.8, 4) is 33.9 Å². The number of pyridine rings is 1. The monoisotopic (exact) mass is 595 g/mol. The molecule has 6 nitrogen and oxygen atoms in total. The summed E-state index contributed by atoms with van der Waals surface area (Å²) in [6.07, 6.45) is 7.35. The number of methoxy groups -OCH3 is 1. The molecular formula is C40H29N5O. The first-order chi connectivity index (χ1) is 22.7. The van der Waals surface area contributed by atoms with E-state index < -0.39 is 0 Å². The predicted molar refractivity (Wildman–Crippen MR) is 184 cm³/mol. The quantitative estimate of drug-likeness (QED) is 0.148. The molecule has 4 aromatic heterocycles. The molecule has 0 fully saturated rings. The Balaban J connectivity index is 1.48. The zero-order chi connectivity index (χ0) is 30.8. The molecule has 46 heavy (non-hydrogen) atoms. The highest BCUT2D eigenvalue weighted by Crippen LogP contribution is 2.45. The minimum atomic E-state index is 0.825. The van der Waals surface area contributed by atoms with Gasteiger partial charge >= 0.3 is 0 Å². The van der Waals surface area contributed by atoms with E-state index >= 15 is 0 Å². The van der Waals surface area contributed by atoms with E-state index in [4.69, 9.17) is 9.72 Å². The Kier molecular flexibility index (Phi) is 5.83. The molecule has 6 heteroatoms. The Bertz CT molecular complexity index is 2570. The fraction of sp³-hybridized carbons (Fsp3) is 0.0500. The van der Waals surface area contributed by atoms with E-state index in [1.807, 2.05) is 40.7 Å². The summed E-state index contributed by atoms with van der Waals surface area (Å²) in [6.45, 7) is 0. The Labute approximate surface area is 265 Å². The molecular weight excluding hydrogens is 566 g/mol. The molecule has 4 heterocycles. The Morgan fingerprint density at radius 3 is 1.85 bits per heavy atom. The van der Waals surface area contributed by atoms with Gasteiger partial charge in [-0.2, -0.15) is 0 Å². The van der Waals surface area contributed by atoms with Crippen molar-refractivity contribution in [1.82, 2.24) is 18.7 Å². The van der Waals surface area contributed by atoms with Gasteiger partial charge in [0.1, 0.15) is 17.0 Å². The first-order valence-corrected chi connectivity index (χ1v) is 15.3. The van der Waals surface area contributed by atoms with Gasteiger partial charge in [0.2, 0.25) is 6.33 Å². The molecule has 220 valence electrons.